The number of halogens is 1. The van der Waals surface area contributed by atoms with Gasteiger partial charge in [0, 0.05) is 17.1 Å². The van der Waals surface area contributed by atoms with Crippen molar-refractivity contribution in [1.82, 2.24) is 20.1 Å². The number of carbonyl (C=O) groups is 1. The first kappa shape index (κ1) is 22.5. The summed E-state index contributed by atoms with van der Waals surface area (Å²) < 4.78 is 13.2. The van der Waals surface area contributed by atoms with Crippen molar-refractivity contribution >= 4 is 29.3 Å². The van der Waals surface area contributed by atoms with E-state index in [1.165, 1.54) is 24.6 Å². The van der Waals surface area contributed by atoms with Crippen LogP contribution in [0.5, 0.6) is 11.5 Å². The quantitative estimate of drug-likeness (QED) is 0.456. The van der Waals surface area contributed by atoms with Crippen LogP contribution in [0.3, 0.4) is 0 Å². The van der Waals surface area contributed by atoms with Gasteiger partial charge in [0.1, 0.15) is 18.1 Å². The summed E-state index contributed by atoms with van der Waals surface area (Å²) in [6, 6.07) is 15.1. The van der Waals surface area contributed by atoms with Crippen LogP contribution < -0.4 is 14.8 Å². The average Bonchev–Trinajstić information content (AvgIpc) is 3.47. The molecule has 0 spiro atoms. The third-order valence-electron chi connectivity index (χ3n) is 5.25. The smallest absolute Gasteiger partial charge is 0.230 e. The highest BCUT2D eigenvalue weighted by molar-refractivity contribution is 7.99. The summed E-state index contributed by atoms with van der Waals surface area (Å²) in [7, 11) is 1.62. The fraction of sp³-hybridized carbons (Fsp3) is 0.348. The number of thioether (sulfide) groups is 1. The first-order valence-corrected chi connectivity index (χ1v) is 11.9. The van der Waals surface area contributed by atoms with Crippen LogP contribution in [-0.2, 0) is 11.4 Å². The summed E-state index contributed by atoms with van der Waals surface area (Å²) in [5.41, 5.74) is 0.836. The molecule has 4 rings (SSSR count). The van der Waals surface area contributed by atoms with Gasteiger partial charge in [0.2, 0.25) is 5.91 Å². The number of amides is 1. The molecule has 0 radical (unpaired) electrons. The van der Waals surface area contributed by atoms with Gasteiger partial charge in [-0.25, -0.2) is 0 Å². The predicted octanol–water partition coefficient (Wildman–Crippen LogP) is 4.66. The lowest BCUT2D eigenvalue weighted by molar-refractivity contribution is -0.119. The van der Waals surface area contributed by atoms with E-state index < -0.39 is 0 Å². The Balaban J connectivity index is 1.52. The van der Waals surface area contributed by atoms with Crippen molar-refractivity contribution in [2.24, 2.45) is 0 Å². The highest BCUT2D eigenvalue weighted by Gasteiger charge is 2.20. The van der Waals surface area contributed by atoms with Gasteiger partial charge in [0.25, 0.3) is 0 Å². The minimum absolute atomic E-state index is 0.0149. The Morgan fingerprint density at radius 1 is 1.16 bits per heavy atom. The number of hydrogen-bond acceptors (Lipinski definition) is 6. The average molecular weight is 473 g/mol. The molecule has 1 fully saturated rings. The second-order valence-electron chi connectivity index (χ2n) is 7.52. The van der Waals surface area contributed by atoms with E-state index in [1.54, 1.807) is 31.4 Å². The van der Waals surface area contributed by atoms with Gasteiger partial charge in [-0.05, 0) is 49.2 Å². The molecule has 7 nitrogen and oxygen atoms in total. The number of aromatic nitrogens is 3. The zero-order valence-corrected chi connectivity index (χ0v) is 19.4. The minimum atomic E-state index is 0.0149. The Hall–Kier alpha value is -2.71. The van der Waals surface area contributed by atoms with Crippen LogP contribution in [0.25, 0.3) is 5.69 Å². The maximum absolute atomic E-state index is 12.4. The summed E-state index contributed by atoms with van der Waals surface area (Å²) >= 11 is 7.31. The Morgan fingerprint density at radius 2 is 1.94 bits per heavy atom. The fourth-order valence-corrected chi connectivity index (χ4v) is 4.55. The zero-order valence-electron chi connectivity index (χ0n) is 17.8. The van der Waals surface area contributed by atoms with E-state index in [0.717, 1.165) is 24.3 Å². The number of rotatable bonds is 9. The van der Waals surface area contributed by atoms with Gasteiger partial charge >= 0.3 is 0 Å². The van der Waals surface area contributed by atoms with Crippen molar-refractivity contribution < 1.29 is 14.3 Å². The SMILES string of the molecule is COc1cccc(-n2c(COc3ccc(Cl)cc3)nnc2SCC(=O)NC2CCCC2)c1. The summed E-state index contributed by atoms with van der Waals surface area (Å²) in [5.74, 6) is 2.31. The van der Waals surface area contributed by atoms with Crippen molar-refractivity contribution in [2.75, 3.05) is 12.9 Å². The Morgan fingerprint density at radius 3 is 2.69 bits per heavy atom. The van der Waals surface area contributed by atoms with E-state index in [0.29, 0.717) is 27.8 Å². The lowest BCUT2D eigenvalue weighted by Crippen LogP contribution is -2.33. The molecule has 2 aromatic carbocycles. The van der Waals surface area contributed by atoms with Gasteiger partial charge in [0.15, 0.2) is 11.0 Å². The lowest BCUT2D eigenvalue weighted by atomic mass is 10.2. The van der Waals surface area contributed by atoms with E-state index in [4.69, 9.17) is 21.1 Å². The lowest BCUT2D eigenvalue weighted by Gasteiger charge is -2.13. The summed E-state index contributed by atoms with van der Waals surface area (Å²) in [6.45, 7) is 0.209. The number of nitrogens with zero attached hydrogens (tertiary/aromatic N) is 3. The van der Waals surface area contributed by atoms with Crippen LogP contribution in [0, 0.1) is 0 Å². The third kappa shape index (κ3) is 5.75. The van der Waals surface area contributed by atoms with Crippen LogP contribution in [0.2, 0.25) is 5.02 Å². The number of carbonyl (C=O) groups excluding carboxylic acids is 1. The van der Waals surface area contributed by atoms with Gasteiger partial charge in [-0.2, -0.15) is 0 Å². The molecule has 1 aliphatic carbocycles. The van der Waals surface area contributed by atoms with Crippen molar-refractivity contribution in [3.8, 4) is 17.2 Å². The summed E-state index contributed by atoms with van der Waals surface area (Å²) in [5, 5.41) is 13.0. The first-order valence-electron chi connectivity index (χ1n) is 10.5. The molecule has 3 aromatic rings. The van der Waals surface area contributed by atoms with Crippen LogP contribution >= 0.6 is 23.4 Å². The molecule has 1 aliphatic rings. The van der Waals surface area contributed by atoms with Gasteiger partial charge < -0.3 is 14.8 Å². The van der Waals surface area contributed by atoms with E-state index >= 15 is 0 Å². The largest absolute Gasteiger partial charge is 0.497 e. The molecule has 9 heteroatoms. The van der Waals surface area contributed by atoms with Crippen molar-refractivity contribution in [3.63, 3.8) is 0 Å². The second kappa shape index (κ2) is 10.7. The topological polar surface area (TPSA) is 78.3 Å². The van der Waals surface area contributed by atoms with Crippen LogP contribution in [0.4, 0.5) is 0 Å². The number of benzene rings is 2. The molecule has 1 heterocycles. The maximum Gasteiger partial charge on any atom is 0.230 e. The van der Waals surface area contributed by atoms with Crippen LogP contribution in [-0.4, -0.2) is 39.6 Å². The highest BCUT2D eigenvalue weighted by Crippen LogP contribution is 2.26. The van der Waals surface area contributed by atoms with Crippen molar-refractivity contribution in [1.29, 1.82) is 0 Å². The molecule has 1 aromatic heterocycles. The second-order valence-corrected chi connectivity index (χ2v) is 8.89. The van der Waals surface area contributed by atoms with E-state index in [1.807, 2.05) is 28.8 Å². The number of methoxy groups -OCH3 is 1. The molecular weight excluding hydrogens is 448 g/mol. The van der Waals surface area contributed by atoms with Gasteiger partial charge in [-0.15, -0.1) is 10.2 Å². The van der Waals surface area contributed by atoms with Crippen molar-refractivity contribution in [2.45, 2.75) is 43.5 Å². The number of nitrogens with one attached hydrogen (secondary N) is 1. The Kier molecular flexibility index (Phi) is 7.55. The van der Waals surface area contributed by atoms with E-state index in [-0.39, 0.29) is 18.3 Å². The molecule has 0 bridgehead atoms. The number of hydrogen-bond donors (Lipinski definition) is 1. The fourth-order valence-electron chi connectivity index (χ4n) is 3.64. The monoisotopic (exact) mass is 472 g/mol. The van der Waals surface area contributed by atoms with Crippen molar-refractivity contribution in [3.05, 3.63) is 59.4 Å². The molecule has 1 amide bonds. The molecule has 1 saturated carbocycles. The minimum Gasteiger partial charge on any atom is -0.497 e. The Bertz CT molecular complexity index is 1050. The zero-order chi connectivity index (χ0) is 22.3. The molecular formula is C23H25ClN4O3S. The molecule has 0 aliphatic heterocycles. The van der Waals surface area contributed by atoms with Gasteiger partial charge in [-0.1, -0.05) is 42.3 Å². The maximum atomic E-state index is 12.4. The molecule has 1 N–H and O–H groups in total. The first-order chi connectivity index (χ1) is 15.6. The molecule has 0 saturated heterocycles. The summed E-state index contributed by atoms with van der Waals surface area (Å²) in [6.07, 6.45) is 4.48. The summed E-state index contributed by atoms with van der Waals surface area (Å²) in [4.78, 5) is 12.4. The molecule has 32 heavy (non-hydrogen) atoms. The van der Waals surface area contributed by atoms with Gasteiger partial charge in [-0.3, -0.25) is 9.36 Å². The number of ether oxygens (including phenoxy) is 2. The van der Waals surface area contributed by atoms with Crippen LogP contribution in [0.1, 0.15) is 31.5 Å². The highest BCUT2D eigenvalue weighted by atomic mass is 35.5. The predicted molar refractivity (Wildman–Crippen MR) is 125 cm³/mol. The Labute approximate surface area is 196 Å². The third-order valence-corrected chi connectivity index (χ3v) is 6.43. The molecule has 0 atom stereocenters. The van der Waals surface area contributed by atoms with Crippen LogP contribution in [0.15, 0.2) is 53.7 Å². The molecule has 168 valence electrons. The standard InChI is InChI=1S/C23H25ClN4O3S/c1-30-20-8-4-7-18(13-20)28-21(14-31-19-11-9-16(24)10-12-19)26-27-23(28)32-15-22(29)25-17-5-2-3-6-17/h4,7-13,17H,2-3,5-6,14-15H2,1H3,(H,25,29). The van der Waals surface area contributed by atoms with E-state index in [2.05, 4.69) is 15.5 Å². The molecule has 0 unspecified atom stereocenters. The van der Waals surface area contributed by atoms with E-state index in [9.17, 15) is 4.79 Å². The normalized spacial score (nSPS) is 13.8. The van der Waals surface area contributed by atoms with Gasteiger partial charge in [0.05, 0.1) is 18.6 Å².